The van der Waals surface area contributed by atoms with Gasteiger partial charge in [-0.05, 0) is 61.6 Å². The molecule has 0 saturated carbocycles. The summed E-state index contributed by atoms with van der Waals surface area (Å²) in [5, 5.41) is 4.91. The van der Waals surface area contributed by atoms with Gasteiger partial charge in [0.15, 0.2) is 6.30 Å². The van der Waals surface area contributed by atoms with Gasteiger partial charge in [-0.1, -0.05) is 30.7 Å². The molecular weight excluding hydrogens is 487 g/mol. The summed E-state index contributed by atoms with van der Waals surface area (Å²) in [5.41, 5.74) is 9.06. The Hall–Kier alpha value is -3.32. The topological polar surface area (TPSA) is 59.2 Å². The summed E-state index contributed by atoms with van der Waals surface area (Å²) in [6.45, 7) is 7.77. The van der Waals surface area contributed by atoms with Crippen LogP contribution in [0.5, 0.6) is 0 Å². The van der Waals surface area contributed by atoms with Crippen LogP contribution in [0.1, 0.15) is 68.7 Å². The van der Waals surface area contributed by atoms with E-state index in [0.29, 0.717) is 6.42 Å². The largest absolute Gasteiger partial charge is 0.356 e. The summed E-state index contributed by atoms with van der Waals surface area (Å²) in [6, 6.07) is 8.07. The van der Waals surface area contributed by atoms with Gasteiger partial charge in [-0.25, -0.2) is 19.0 Å². The third-order valence-electron chi connectivity index (χ3n) is 8.10. The van der Waals surface area contributed by atoms with Crippen LogP contribution in [-0.4, -0.2) is 38.5 Å². The summed E-state index contributed by atoms with van der Waals surface area (Å²) in [7, 11) is 0. The number of anilines is 1. The van der Waals surface area contributed by atoms with Gasteiger partial charge in [-0.3, -0.25) is 4.99 Å². The zero-order valence-corrected chi connectivity index (χ0v) is 22.1. The molecule has 0 bridgehead atoms. The van der Waals surface area contributed by atoms with Crippen molar-refractivity contribution in [1.29, 1.82) is 0 Å². The van der Waals surface area contributed by atoms with Crippen LogP contribution < -0.4 is 4.90 Å². The van der Waals surface area contributed by atoms with E-state index in [2.05, 4.69) is 47.0 Å². The van der Waals surface area contributed by atoms with E-state index in [1.165, 1.54) is 28.5 Å². The number of hydrogen-bond donors (Lipinski definition) is 0. The number of aliphatic imine (C=N–C) groups is 1. The molecule has 0 spiro atoms. The van der Waals surface area contributed by atoms with Crippen molar-refractivity contribution in [2.75, 3.05) is 18.0 Å². The van der Waals surface area contributed by atoms with Gasteiger partial charge in [0, 0.05) is 65.1 Å². The molecule has 1 atom stereocenters. The van der Waals surface area contributed by atoms with E-state index in [4.69, 9.17) is 21.6 Å². The molecule has 3 aromatic rings. The SMILES string of the molecule is CC1=C(c2ccc(Cl)cc2)CC(C2(C)CCN(c3ncnc4c3C=C(c3cnn(C(C)F)c3)C4)CC2)=N1. The van der Waals surface area contributed by atoms with Crippen LogP contribution in [0, 0.1) is 5.41 Å². The maximum atomic E-state index is 13.7. The van der Waals surface area contributed by atoms with Crippen molar-refractivity contribution in [3.05, 3.63) is 76.1 Å². The van der Waals surface area contributed by atoms with Gasteiger partial charge in [-0.2, -0.15) is 5.10 Å². The fraction of sp³-hybridized carbons (Fsp3) is 0.379. The lowest BCUT2D eigenvalue weighted by Crippen LogP contribution is -2.43. The maximum absolute atomic E-state index is 13.7. The molecule has 8 heteroatoms. The third kappa shape index (κ3) is 4.39. The summed E-state index contributed by atoms with van der Waals surface area (Å²) in [5.74, 6) is 0.984. The molecule has 4 heterocycles. The van der Waals surface area contributed by atoms with Gasteiger partial charge in [-0.15, -0.1) is 0 Å². The van der Waals surface area contributed by atoms with Gasteiger partial charge in [0.2, 0.25) is 0 Å². The van der Waals surface area contributed by atoms with Gasteiger partial charge in [0.25, 0.3) is 0 Å². The molecule has 6 rings (SSSR count). The van der Waals surface area contributed by atoms with Crippen LogP contribution in [-0.2, 0) is 6.42 Å². The van der Waals surface area contributed by atoms with Gasteiger partial charge in [0.05, 0.1) is 11.9 Å². The minimum absolute atomic E-state index is 0.0563. The van der Waals surface area contributed by atoms with E-state index in [9.17, 15) is 4.39 Å². The predicted octanol–water partition coefficient (Wildman–Crippen LogP) is 6.79. The average molecular weight is 517 g/mol. The molecule has 1 aliphatic carbocycles. The Labute approximate surface area is 221 Å². The van der Waals surface area contributed by atoms with Crippen LogP contribution in [0.25, 0.3) is 17.2 Å². The number of piperidine rings is 1. The lowest BCUT2D eigenvalue weighted by atomic mass is 9.74. The third-order valence-corrected chi connectivity index (χ3v) is 8.35. The van der Waals surface area contributed by atoms with Crippen molar-refractivity contribution in [3.8, 4) is 0 Å². The molecule has 37 heavy (non-hydrogen) atoms. The van der Waals surface area contributed by atoms with Gasteiger partial charge in [0.1, 0.15) is 12.1 Å². The lowest BCUT2D eigenvalue weighted by Gasteiger charge is -2.40. The Balaban J connectivity index is 1.17. The van der Waals surface area contributed by atoms with Crippen LogP contribution >= 0.6 is 11.6 Å². The smallest absolute Gasteiger partial charge is 0.188 e. The summed E-state index contributed by atoms with van der Waals surface area (Å²) in [4.78, 5) is 16.7. The minimum Gasteiger partial charge on any atom is -0.356 e. The van der Waals surface area contributed by atoms with E-state index < -0.39 is 6.30 Å². The first-order valence-corrected chi connectivity index (χ1v) is 13.2. The first-order valence-electron chi connectivity index (χ1n) is 12.8. The zero-order chi connectivity index (χ0) is 25.7. The van der Waals surface area contributed by atoms with Crippen molar-refractivity contribution < 1.29 is 4.39 Å². The van der Waals surface area contributed by atoms with Crippen molar-refractivity contribution in [1.82, 2.24) is 19.7 Å². The second-order valence-electron chi connectivity index (χ2n) is 10.5. The van der Waals surface area contributed by atoms with Crippen molar-refractivity contribution >= 4 is 40.4 Å². The molecule has 3 aliphatic rings. The number of alkyl halides is 1. The van der Waals surface area contributed by atoms with Crippen LogP contribution in [0.4, 0.5) is 10.2 Å². The molecule has 0 radical (unpaired) electrons. The quantitative estimate of drug-likeness (QED) is 0.374. The fourth-order valence-electron chi connectivity index (χ4n) is 5.67. The molecule has 1 unspecified atom stereocenters. The maximum Gasteiger partial charge on any atom is 0.188 e. The highest BCUT2D eigenvalue weighted by molar-refractivity contribution is 6.30. The zero-order valence-electron chi connectivity index (χ0n) is 21.4. The molecule has 6 nitrogen and oxygen atoms in total. The number of aromatic nitrogens is 4. The number of hydrogen-bond acceptors (Lipinski definition) is 5. The van der Waals surface area contributed by atoms with Crippen LogP contribution in [0.15, 0.2) is 53.7 Å². The average Bonchev–Trinajstić information content (AvgIpc) is 3.63. The molecule has 2 aromatic heterocycles. The summed E-state index contributed by atoms with van der Waals surface area (Å²) >= 11 is 6.10. The normalized spacial score (nSPS) is 19.6. The standard InChI is InChI=1S/C29H30ClFN6/c1-18-24(20-4-6-23(30)7-5-20)14-27(35-18)29(3)8-10-36(11-9-29)28-25-12-21(13-26(25)32-17-33-28)22-15-34-37(16-22)19(2)31/h4-7,12,15-17,19H,8-11,13-14H2,1-3H3. The van der Waals surface area contributed by atoms with Crippen molar-refractivity contribution in [2.45, 2.75) is 52.8 Å². The second-order valence-corrected chi connectivity index (χ2v) is 11.0. The number of benzene rings is 1. The van der Waals surface area contributed by atoms with E-state index in [1.54, 1.807) is 18.7 Å². The number of nitrogens with zero attached hydrogens (tertiary/aromatic N) is 6. The Bertz CT molecular complexity index is 1440. The van der Waals surface area contributed by atoms with E-state index in [-0.39, 0.29) is 5.41 Å². The highest BCUT2D eigenvalue weighted by atomic mass is 35.5. The molecule has 190 valence electrons. The number of allylic oxidation sites excluding steroid dienone is 3. The highest BCUT2D eigenvalue weighted by Gasteiger charge is 2.38. The Kier molecular flexibility index (Phi) is 5.98. The second kappa shape index (κ2) is 9.21. The van der Waals surface area contributed by atoms with Crippen LogP contribution in [0.2, 0.25) is 5.02 Å². The Morgan fingerprint density at radius 2 is 1.81 bits per heavy atom. The Morgan fingerprint density at radius 3 is 2.51 bits per heavy atom. The minimum atomic E-state index is -1.15. The molecule has 2 aliphatic heterocycles. The summed E-state index contributed by atoms with van der Waals surface area (Å²) < 4.78 is 15.0. The molecular formula is C29H30ClFN6. The molecule has 1 saturated heterocycles. The molecule has 0 N–H and O–H groups in total. The lowest BCUT2D eigenvalue weighted by molar-refractivity contribution is 0.245. The monoisotopic (exact) mass is 516 g/mol. The Morgan fingerprint density at radius 1 is 1.05 bits per heavy atom. The molecule has 1 fully saturated rings. The number of fused-ring (bicyclic) bond motifs is 1. The first-order chi connectivity index (χ1) is 17.8. The molecule has 1 aromatic carbocycles. The van der Waals surface area contributed by atoms with Crippen molar-refractivity contribution in [2.24, 2.45) is 10.4 Å². The van der Waals surface area contributed by atoms with Gasteiger partial charge < -0.3 is 4.90 Å². The summed E-state index contributed by atoms with van der Waals surface area (Å²) in [6.07, 6.45) is 9.78. The van der Waals surface area contributed by atoms with E-state index in [1.807, 2.05) is 12.1 Å². The predicted molar refractivity (Wildman–Crippen MR) is 147 cm³/mol. The highest BCUT2D eigenvalue weighted by Crippen LogP contribution is 2.43. The van der Waals surface area contributed by atoms with Gasteiger partial charge >= 0.3 is 0 Å². The molecule has 0 amide bonds. The number of rotatable bonds is 5. The van der Waals surface area contributed by atoms with Crippen LogP contribution in [0.3, 0.4) is 0 Å². The van der Waals surface area contributed by atoms with E-state index in [0.717, 1.165) is 71.3 Å². The fourth-order valence-corrected chi connectivity index (χ4v) is 5.79. The van der Waals surface area contributed by atoms with E-state index >= 15 is 0 Å². The number of halogens is 2. The van der Waals surface area contributed by atoms with Crippen molar-refractivity contribution in [3.63, 3.8) is 0 Å². The first kappa shape index (κ1) is 24.0.